The van der Waals surface area contributed by atoms with Gasteiger partial charge in [0.15, 0.2) is 0 Å². The number of ether oxygens (including phenoxy) is 2. The monoisotopic (exact) mass is 407 g/mol. The Hall–Kier alpha value is -1.97. The first-order chi connectivity index (χ1) is 13.7. The van der Waals surface area contributed by atoms with Crippen molar-refractivity contribution in [3.8, 4) is 0 Å². The van der Waals surface area contributed by atoms with Crippen molar-refractivity contribution in [2.75, 3.05) is 19.8 Å². The van der Waals surface area contributed by atoms with Gasteiger partial charge < -0.3 is 24.5 Å². The molecule has 2 aliphatic rings. The molecule has 2 heterocycles. The molecule has 1 amide bonds. The van der Waals surface area contributed by atoms with E-state index in [2.05, 4.69) is 5.32 Å². The third kappa shape index (κ3) is 4.79. The van der Waals surface area contributed by atoms with Gasteiger partial charge in [-0.1, -0.05) is 19.9 Å². The second-order valence-electron chi connectivity index (χ2n) is 8.04. The Kier molecular flexibility index (Phi) is 6.60. The van der Waals surface area contributed by atoms with Crippen molar-refractivity contribution in [1.29, 1.82) is 0 Å². The minimum atomic E-state index is -1.59. The van der Waals surface area contributed by atoms with E-state index in [4.69, 9.17) is 14.1 Å². The Balaban J connectivity index is 1.68. The topological polar surface area (TPSA) is 94.1 Å². The lowest BCUT2D eigenvalue weighted by Gasteiger charge is -2.30. The first kappa shape index (κ1) is 21.7. The smallest absolute Gasteiger partial charge is 0.461 e. The average Bonchev–Trinajstić information content (AvgIpc) is 3.06. The SMILES string of the molecule is Cc1c(C(=O)N[C@H](C(=O)OCC2(F)CCOCC2)C(C)C)ccc2c1B(O)OC2. The molecule has 1 atom stereocenters. The van der Waals surface area contributed by atoms with Gasteiger partial charge in [0.05, 0.1) is 6.61 Å². The minimum Gasteiger partial charge on any atom is -0.461 e. The molecule has 1 fully saturated rings. The van der Waals surface area contributed by atoms with Crippen LogP contribution in [0.2, 0.25) is 0 Å². The molecule has 7 nitrogen and oxygen atoms in total. The van der Waals surface area contributed by atoms with E-state index in [1.54, 1.807) is 32.9 Å². The van der Waals surface area contributed by atoms with Crippen LogP contribution in [0.25, 0.3) is 0 Å². The molecule has 9 heteroatoms. The maximum absolute atomic E-state index is 14.7. The number of hydrogen-bond donors (Lipinski definition) is 2. The zero-order chi connectivity index (χ0) is 21.2. The van der Waals surface area contributed by atoms with Gasteiger partial charge in [-0.2, -0.15) is 0 Å². The third-order valence-electron chi connectivity index (χ3n) is 5.56. The highest BCUT2D eigenvalue weighted by Gasteiger charge is 2.36. The standard InChI is InChI=1S/C20H27BFNO6/c1-12(2)17(19(25)28-11-20(22)6-8-27-9-7-20)23-18(24)15-5-4-14-10-29-21(26)16(14)13(15)3/h4-5,12,17,26H,6-11H2,1-3H3,(H,23,24)/t17-/m0/s1. The van der Waals surface area contributed by atoms with Crippen LogP contribution < -0.4 is 10.8 Å². The number of esters is 1. The number of nitrogens with one attached hydrogen (secondary N) is 1. The summed E-state index contributed by atoms with van der Waals surface area (Å²) in [6.07, 6.45) is 0.357. The van der Waals surface area contributed by atoms with Gasteiger partial charge in [-0.05, 0) is 35.5 Å². The maximum Gasteiger partial charge on any atom is 0.492 e. The van der Waals surface area contributed by atoms with Crippen molar-refractivity contribution in [3.05, 3.63) is 28.8 Å². The van der Waals surface area contributed by atoms with Crippen molar-refractivity contribution in [2.45, 2.75) is 51.9 Å². The molecular formula is C20H27BFNO6. The fourth-order valence-corrected chi connectivity index (χ4v) is 3.64. The third-order valence-corrected chi connectivity index (χ3v) is 5.56. The molecule has 0 unspecified atom stereocenters. The van der Waals surface area contributed by atoms with Crippen LogP contribution in [0.5, 0.6) is 0 Å². The molecule has 158 valence electrons. The Morgan fingerprint density at radius 1 is 1.34 bits per heavy atom. The molecule has 0 saturated carbocycles. The highest BCUT2D eigenvalue weighted by molar-refractivity contribution is 6.62. The maximum atomic E-state index is 14.7. The quantitative estimate of drug-likeness (QED) is 0.541. The van der Waals surface area contributed by atoms with Crippen LogP contribution in [0.4, 0.5) is 4.39 Å². The van der Waals surface area contributed by atoms with Gasteiger partial charge in [-0.3, -0.25) is 4.79 Å². The van der Waals surface area contributed by atoms with Crippen LogP contribution in [0, 0.1) is 12.8 Å². The van der Waals surface area contributed by atoms with Crippen LogP contribution in [-0.2, 0) is 25.5 Å². The molecule has 0 aliphatic carbocycles. The van der Waals surface area contributed by atoms with Gasteiger partial charge in [0.2, 0.25) is 0 Å². The van der Waals surface area contributed by atoms with Crippen molar-refractivity contribution in [1.82, 2.24) is 5.32 Å². The summed E-state index contributed by atoms with van der Waals surface area (Å²) in [7, 11) is -1.07. The highest BCUT2D eigenvalue weighted by atomic mass is 19.1. The Morgan fingerprint density at radius 3 is 2.69 bits per heavy atom. The fourth-order valence-electron chi connectivity index (χ4n) is 3.64. The molecule has 0 aromatic heterocycles. The highest BCUT2D eigenvalue weighted by Crippen LogP contribution is 2.26. The summed E-state index contributed by atoms with van der Waals surface area (Å²) in [6, 6.07) is 2.46. The van der Waals surface area contributed by atoms with Crippen LogP contribution in [0.15, 0.2) is 12.1 Å². The summed E-state index contributed by atoms with van der Waals surface area (Å²) in [6.45, 7) is 5.81. The van der Waals surface area contributed by atoms with E-state index in [1.165, 1.54) is 0 Å². The van der Waals surface area contributed by atoms with Crippen molar-refractivity contribution < 1.29 is 33.1 Å². The number of rotatable bonds is 6. The fraction of sp³-hybridized carbons (Fsp3) is 0.600. The largest absolute Gasteiger partial charge is 0.492 e. The van der Waals surface area contributed by atoms with Crippen molar-refractivity contribution in [2.24, 2.45) is 5.92 Å². The van der Waals surface area contributed by atoms with Crippen molar-refractivity contribution in [3.63, 3.8) is 0 Å². The van der Waals surface area contributed by atoms with Gasteiger partial charge in [0.25, 0.3) is 5.91 Å². The predicted octanol–water partition coefficient (Wildman–Crippen LogP) is 1.03. The van der Waals surface area contributed by atoms with E-state index < -0.39 is 30.7 Å². The lowest BCUT2D eigenvalue weighted by atomic mass is 9.75. The van der Waals surface area contributed by atoms with Gasteiger partial charge in [-0.15, -0.1) is 0 Å². The van der Waals surface area contributed by atoms with E-state index in [1.807, 2.05) is 0 Å². The summed E-state index contributed by atoms with van der Waals surface area (Å²) in [5.74, 6) is -1.37. The zero-order valence-corrected chi connectivity index (χ0v) is 17.0. The summed E-state index contributed by atoms with van der Waals surface area (Å²) in [4.78, 5) is 25.4. The zero-order valence-electron chi connectivity index (χ0n) is 17.0. The normalized spacial score (nSPS) is 19.0. The number of alkyl halides is 1. The number of carbonyl (C=O) groups is 2. The number of halogens is 1. The van der Waals surface area contributed by atoms with Gasteiger partial charge >= 0.3 is 13.1 Å². The van der Waals surface area contributed by atoms with Crippen LogP contribution in [0.3, 0.4) is 0 Å². The minimum absolute atomic E-state index is 0.178. The average molecular weight is 407 g/mol. The molecule has 0 spiro atoms. The van der Waals surface area contributed by atoms with E-state index in [9.17, 15) is 19.0 Å². The second kappa shape index (κ2) is 8.81. The lowest BCUT2D eigenvalue weighted by Crippen LogP contribution is -2.47. The van der Waals surface area contributed by atoms with Gasteiger partial charge in [0.1, 0.15) is 18.3 Å². The Bertz CT molecular complexity index is 780. The Morgan fingerprint density at radius 2 is 2.03 bits per heavy atom. The summed E-state index contributed by atoms with van der Waals surface area (Å²) in [5.41, 5.74) is 0.770. The number of amides is 1. The van der Waals surface area contributed by atoms with E-state index in [0.717, 1.165) is 5.56 Å². The molecule has 29 heavy (non-hydrogen) atoms. The Labute approximate surface area is 170 Å². The van der Waals surface area contributed by atoms with E-state index in [-0.39, 0.29) is 32.0 Å². The first-order valence-electron chi connectivity index (χ1n) is 9.88. The van der Waals surface area contributed by atoms with Gasteiger partial charge in [-0.25, -0.2) is 9.18 Å². The predicted molar refractivity (Wildman–Crippen MR) is 105 cm³/mol. The van der Waals surface area contributed by atoms with Crippen LogP contribution in [0.1, 0.15) is 48.2 Å². The molecule has 0 bridgehead atoms. The summed E-state index contributed by atoms with van der Waals surface area (Å²) in [5, 5.41) is 12.7. The van der Waals surface area contributed by atoms with Crippen LogP contribution >= 0.6 is 0 Å². The van der Waals surface area contributed by atoms with E-state index >= 15 is 0 Å². The second-order valence-corrected chi connectivity index (χ2v) is 8.04. The molecule has 2 N–H and O–H groups in total. The summed E-state index contributed by atoms with van der Waals surface area (Å²) >= 11 is 0. The molecule has 2 aliphatic heterocycles. The molecule has 1 aromatic rings. The molecule has 0 radical (unpaired) electrons. The molecule has 1 saturated heterocycles. The van der Waals surface area contributed by atoms with Crippen LogP contribution in [-0.4, -0.2) is 55.6 Å². The number of benzene rings is 1. The summed E-state index contributed by atoms with van der Waals surface area (Å²) < 4.78 is 30.2. The van der Waals surface area contributed by atoms with Gasteiger partial charge in [0, 0.05) is 31.6 Å². The first-order valence-corrected chi connectivity index (χ1v) is 9.88. The molecule has 3 rings (SSSR count). The number of fused-ring (bicyclic) bond motifs is 1. The van der Waals surface area contributed by atoms with E-state index in [0.29, 0.717) is 29.8 Å². The number of carbonyl (C=O) groups excluding carboxylic acids is 2. The molecule has 1 aromatic carbocycles. The molecular weight excluding hydrogens is 380 g/mol. The number of hydrogen-bond acceptors (Lipinski definition) is 6. The van der Waals surface area contributed by atoms with Crippen molar-refractivity contribution >= 4 is 24.5 Å². The lowest BCUT2D eigenvalue weighted by molar-refractivity contribution is -0.154.